The van der Waals surface area contributed by atoms with Gasteiger partial charge in [0.2, 0.25) is 0 Å². The minimum absolute atomic E-state index is 0.0395. The summed E-state index contributed by atoms with van der Waals surface area (Å²) in [5.74, 6) is -0.0395. The Morgan fingerprint density at radius 3 is 1.57 bits per heavy atom. The van der Waals surface area contributed by atoms with Crippen molar-refractivity contribution in [1.82, 2.24) is 0 Å². The molecule has 0 bridgehead atoms. The van der Waals surface area contributed by atoms with E-state index in [1.807, 2.05) is 6.92 Å². The standard InChI is InChI=1S/C21H42O2/c1-4-7-8-9-10-11-12-13-14-15-16-17-19-20(18-5-2)23-21(22)6-3/h20H,4-19H2,1-3H3. The number of unbranched alkanes of at least 4 members (excludes halogenated alkanes) is 11. The molecule has 0 N–H and O–H groups in total. The number of ether oxygens (including phenoxy) is 1. The number of rotatable bonds is 17. The Bertz CT molecular complexity index is 250. The fraction of sp³-hybridized carbons (Fsp3) is 0.952. The van der Waals surface area contributed by atoms with Gasteiger partial charge >= 0.3 is 5.97 Å². The zero-order chi connectivity index (χ0) is 17.2. The Labute approximate surface area is 145 Å². The average Bonchev–Trinajstić information content (AvgIpc) is 2.55. The smallest absolute Gasteiger partial charge is 0.305 e. The van der Waals surface area contributed by atoms with Crippen molar-refractivity contribution in [2.75, 3.05) is 0 Å². The molecule has 0 amide bonds. The van der Waals surface area contributed by atoms with Gasteiger partial charge in [-0.2, -0.15) is 0 Å². The van der Waals surface area contributed by atoms with E-state index in [4.69, 9.17) is 4.74 Å². The highest BCUT2D eigenvalue weighted by Gasteiger charge is 2.11. The van der Waals surface area contributed by atoms with Gasteiger partial charge in [0.1, 0.15) is 6.10 Å². The summed E-state index contributed by atoms with van der Waals surface area (Å²) < 4.78 is 5.50. The molecule has 0 aliphatic carbocycles. The lowest BCUT2D eigenvalue weighted by Crippen LogP contribution is -2.17. The van der Waals surface area contributed by atoms with Gasteiger partial charge < -0.3 is 4.74 Å². The fourth-order valence-corrected chi connectivity index (χ4v) is 3.07. The van der Waals surface area contributed by atoms with Crippen molar-refractivity contribution in [3.8, 4) is 0 Å². The SMILES string of the molecule is CCCCCCCCCCCCCCC(CCC)OC(=O)CC. The topological polar surface area (TPSA) is 26.3 Å². The lowest BCUT2D eigenvalue weighted by Gasteiger charge is -2.16. The van der Waals surface area contributed by atoms with Crippen LogP contribution in [0.2, 0.25) is 0 Å². The van der Waals surface area contributed by atoms with Gasteiger partial charge in [0.15, 0.2) is 0 Å². The first kappa shape index (κ1) is 22.5. The minimum Gasteiger partial charge on any atom is -0.462 e. The molecule has 0 aliphatic heterocycles. The molecule has 0 saturated heterocycles. The van der Waals surface area contributed by atoms with Crippen LogP contribution in [0.1, 0.15) is 124 Å². The summed E-state index contributed by atoms with van der Waals surface area (Å²) in [5.41, 5.74) is 0. The number of hydrogen-bond donors (Lipinski definition) is 0. The van der Waals surface area contributed by atoms with E-state index in [1.165, 1.54) is 77.0 Å². The summed E-state index contributed by atoms with van der Waals surface area (Å²) in [4.78, 5) is 11.4. The van der Waals surface area contributed by atoms with Gasteiger partial charge in [0, 0.05) is 6.42 Å². The normalized spacial score (nSPS) is 12.3. The highest BCUT2D eigenvalue weighted by atomic mass is 16.5. The van der Waals surface area contributed by atoms with Crippen molar-refractivity contribution in [3.63, 3.8) is 0 Å². The molecule has 0 heterocycles. The maximum atomic E-state index is 11.4. The van der Waals surface area contributed by atoms with Crippen LogP contribution in [0.4, 0.5) is 0 Å². The minimum atomic E-state index is -0.0395. The van der Waals surface area contributed by atoms with Gasteiger partial charge in [0.25, 0.3) is 0 Å². The van der Waals surface area contributed by atoms with Crippen LogP contribution in [-0.2, 0) is 9.53 Å². The molecule has 0 radical (unpaired) electrons. The van der Waals surface area contributed by atoms with E-state index in [2.05, 4.69) is 13.8 Å². The first-order valence-electron chi connectivity index (χ1n) is 10.4. The quantitative estimate of drug-likeness (QED) is 0.209. The van der Waals surface area contributed by atoms with Crippen LogP contribution in [0.3, 0.4) is 0 Å². The molecule has 0 saturated carbocycles. The van der Waals surface area contributed by atoms with Crippen LogP contribution in [-0.4, -0.2) is 12.1 Å². The van der Waals surface area contributed by atoms with Crippen LogP contribution in [0.15, 0.2) is 0 Å². The highest BCUT2D eigenvalue weighted by molar-refractivity contribution is 5.69. The third-order valence-corrected chi connectivity index (χ3v) is 4.58. The Morgan fingerprint density at radius 1 is 0.652 bits per heavy atom. The lowest BCUT2D eigenvalue weighted by molar-refractivity contribution is -0.149. The van der Waals surface area contributed by atoms with E-state index in [-0.39, 0.29) is 12.1 Å². The lowest BCUT2D eigenvalue weighted by atomic mass is 10.0. The second kappa shape index (κ2) is 17.8. The van der Waals surface area contributed by atoms with Crippen LogP contribution in [0.5, 0.6) is 0 Å². The van der Waals surface area contributed by atoms with Crippen LogP contribution < -0.4 is 0 Å². The van der Waals surface area contributed by atoms with Crippen molar-refractivity contribution in [2.45, 2.75) is 130 Å². The Balaban J connectivity index is 3.37. The molecular formula is C21H42O2. The molecular weight excluding hydrogens is 284 g/mol. The molecule has 138 valence electrons. The molecule has 0 fully saturated rings. The molecule has 0 aromatic heterocycles. The van der Waals surface area contributed by atoms with E-state index >= 15 is 0 Å². The summed E-state index contributed by atoms with van der Waals surface area (Å²) in [7, 11) is 0. The van der Waals surface area contributed by atoms with Gasteiger partial charge in [-0.1, -0.05) is 97.8 Å². The molecule has 0 spiro atoms. The summed E-state index contributed by atoms with van der Waals surface area (Å²) in [6.45, 7) is 6.31. The van der Waals surface area contributed by atoms with Crippen molar-refractivity contribution >= 4 is 5.97 Å². The second-order valence-electron chi connectivity index (χ2n) is 6.93. The molecule has 23 heavy (non-hydrogen) atoms. The molecule has 1 atom stereocenters. The first-order valence-corrected chi connectivity index (χ1v) is 10.4. The van der Waals surface area contributed by atoms with Crippen LogP contribution >= 0.6 is 0 Å². The van der Waals surface area contributed by atoms with E-state index in [9.17, 15) is 4.79 Å². The highest BCUT2D eigenvalue weighted by Crippen LogP contribution is 2.16. The first-order chi connectivity index (χ1) is 11.2. The molecule has 0 rings (SSSR count). The third-order valence-electron chi connectivity index (χ3n) is 4.58. The number of carbonyl (C=O) groups excluding carboxylic acids is 1. The van der Waals surface area contributed by atoms with Crippen LogP contribution in [0, 0.1) is 0 Å². The molecule has 1 unspecified atom stereocenters. The molecule has 0 aliphatic rings. The Hall–Kier alpha value is -0.530. The van der Waals surface area contributed by atoms with E-state index in [0.717, 1.165) is 19.3 Å². The van der Waals surface area contributed by atoms with Crippen molar-refractivity contribution in [2.24, 2.45) is 0 Å². The number of hydrogen-bond acceptors (Lipinski definition) is 2. The second-order valence-corrected chi connectivity index (χ2v) is 6.93. The third kappa shape index (κ3) is 16.1. The predicted octanol–water partition coefficient (Wildman–Crippen LogP) is 7.20. The van der Waals surface area contributed by atoms with Crippen molar-refractivity contribution in [3.05, 3.63) is 0 Å². The fourth-order valence-electron chi connectivity index (χ4n) is 3.07. The van der Waals surface area contributed by atoms with Crippen LogP contribution in [0.25, 0.3) is 0 Å². The Morgan fingerprint density at radius 2 is 1.13 bits per heavy atom. The summed E-state index contributed by atoms with van der Waals surface area (Å²) in [6, 6.07) is 0. The zero-order valence-electron chi connectivity index (χ0n) is 16.2. The van der Waals surface area contributed by atoms with Gasteiger partial charge in [-0.3, -0.25) is 4.79 Å². The van der Waals surface area contributed by atoms with Crippen molar-refractivity contribution < 1.29 is 9.53 Å². The zero-order valence-corrected chi connectivity index (χ0v) is 16.2. The summed E-state index contributed by atoms with van der Waals surface area (Å²) in [6.07, 6.45) is 20.3. The molecule has 2 nitrogen and oxygen atoms in total. The molecule has 2 heteroatoms. The summed E-state index contributed by atoms with van der Waals surface area (Å²) >= 11 is 0. The van der Waals surface area contributed by atoms with Gasteiger partial charge in [-0.15, -0.1) is 0 Å². The molecule has 0 aromatic carbocycles. The van der Waals surface area contributed by atoms with E-state index < -0.39 is 0 Å². The maximum absolute atomic E-state index is 11.4. The van der Waals surface area contributed by atoms with Crippen molar-refractivity contribution in [1.29, 1.82) is 0 Å². The van der Waals surface area contributed by atoms with Gasteiger partial charge in [-0.05, 0) is 19.3 Å². The number of carbonyl (C=O) groups is 1. The monoisotopic (exact) mass is 326 g/mol. The average molecular weight is 327 g/mol. The van der Waals surface area contributed by atoms with E-state index in [1.54, 1.807) is 0 Å². The Kier molecular flexibility index (Phi) is 17.4. The predicted molar refractivity (Wildman–Crippen MR) is 101 cm³/mol. The van der Waals surface area contributed by atoms with Gasteiger partial charge in [0.05, 0.1) is 0 Å². The molecule has 0 aromatic rings. The number of esters is 1. The van der Waals surface area contributed by atoms with Gasteiger partial charge in [-0.25, -0.2) is 0 Å². The largest absolute Gasteiger partial charge is 0.462 e. The summed E-state index contributed by atoms with van der Waals surface area (Å²) in [5, 5.41) is 0. The van der Waals surface area contributed by atoms with E-state index in [0.29, 0.717) is 6.42 Å². The maximum Gasteiger partial charge on any atom is 0.305 e.